The van der Waals surface area contributed by atoms with E-state index in [1.807, 2.05) is 12.1 Å². The van der Waals surface area contributed by atoms with Gasteiger partial charge in [-0.2, -0.15) is 0 Å². The van der Waals surface area contributed by atoms with Gasteiger partial charge >= 0.3 is 0 Å². The van der Waals surface area contributed by atoms with Crippen LogP contribution in [0, 0.1) is 11.8 Å². The van der Waals surface area contributed by atoms with Crippen LogP contribution in [-0.2, 0) is 6.42 Å². The average molecular weight is 233 g/mol. The highest BCUT2D eigenvalue weighted by molar-refractivity contribution is 5.39. The molecule has 1 rings (SSSR count). The van der Waals surface area contributed by atoms with Gasteiger partial charge in [-0.05, 0) is 36.0 Å². The van der Waals surface area contributed by atoms with Gasteiger partial charge in [0.25, 0.3) is 0 Å². The summed E-state index contributed by atoms with van der Waals surface area (Å²) >= 11 is 0. The summed E-state index contributed by atoms with van der Waals surface area (Å²) in [5.41, 5.74) is 8.02. The van der Waals surface area contributed by atoms with Crippen molar-refractivity contribution in [1.29, 1.82) is 0 Å². The topological polar surface area (TPSA) is 26.0 Å². The number of anilines is 1. The maximum atomic E-state index is 5.72. The van der Waals surface area contributed by atoms with E-state index < -0.39 is 0 Å². The molecule has 0 spiro atoms. The van der Waals surface area contributed by atoms with Gasteiger partial charge in [0, 0.05) is 5.69 Å². The maximum absolute atomic E-state index is 5.72. The molecule has 2 atom stereocenters. The van der Waals surface area contributed by atoms with Crippen LogP contribution in [0.4, 0.5) is 5.69 Å². The highest BCUT2D eigenvalue weighted by atomic mass is 14.5. The lowest BCUT2D eigenvalue weighted by molar-refractivity contribution is 0.311. The van der Waals surface area contributed by atoms with Crippen molar-refractivity contribution in [3.05, 3.63) is 29.8 Å². The Labute approximate surface area is 106 Å². The highest BCUT2D eigenvalue weighted by Gasteiger charge is 2.16. The lowest BCUT2D eigenvalue weighted by atomic mass is 9.82. The first-order valence-electron chi connectivity index (χ1n) is 7.01. The largest absolute Gasteiger partial charge is 0.399 e. The van der Waals surface area contributed by atoms with Gasteiger partial charge in [-0.3, -0.25) is 0 Å². The Bertz CT molecular complexity index is 302. The quantitative estimate of drug-likeness (QED) is 0.681. The smallest absolute Gasteiger partial charge is 0.0314 e. The highest BCUT2D eigenvalue weighted by Crippen LogP contribution is 2.26. The summed E-state index contributed by atoms with van der Waals surface area (Å²) < 4.78 is 0. The van der Waals surface area contributed by atoms with Crippen molar-refractivity contribution in [3.63, 3.8) is 0 Å². The molecule has 0 saturated carbocycles. The van der Waals surface area contributed by atoms with Crippen molar-refractivity contribution in [3.8, 4) is 0 Å². The van der Waals surface area contributed by atoms with Crippen LogP contribution in [0.25, 0.3) is 0 Å². The summed E-state index contributed by atoms with van der Waals surface area (Å²) in [7, 11) is 0. The van der Waals surface area contributed by atoms with Gasteiger partial charge in [0.05, 0.1) is 0 Å². The van der Waals surface area contributed by atoms with E-state index in [4.69, 9.17) is 5.73 Å². The summed E-state index contributed by atoms with van der Waals surface area (Å²) in [6, 6.07) is 8.39. The van der Waals surface area contributed by atoms with Crippen LogP contribution in [0.3, 0.4) is 0 Å². The molecule has 17 heavy (non-hydrogen) atoms. The third-order valence-corrected chi connectivity index (χ3v) is 3.69. The summed E-state index contributed by atoms with van der Waals surface area (Å²) in [6.07, 6.45) is 6.47. The van der Waals surface area contributed by atoms with E-state index in [0.717, 1.165) is 17.5 Å². The van der Waals surface area contributed by atoms with Crippen LogP contribution in [0.2, 0.25) is 0 Å². The first-order valence-corrected chi connectivity index (χ1v) is 7.01. The van der Waals surface area contributed by atoms with Crippen LogP contribution in [0.1, 0.15) is 52.0 Å². The van der Waals surface area contributed by atoms with E-state index >= 15 is 0 Å². The first kappa shape index (κ1) is 14.1. The molecule has 0 aliphatic rings. The minimum absolute atomic E-state index is 0.823. The van der Waals surface area contributed by atoms with Crippen molar-refractivity contribution >= 4 is 5.69 Å². The van der Waals surface area contributed by atoms with Crippen LogP contribution < -0.4 is 5.73 Å². The number of rotatable bonds is 7. The number of benzene rings is 1. The molecule has 1 aromatic carbocycles. The Morgan fingerprint density at radius 3 is 2.12 bits per heavy atom. The molecule has 96 valence electrons. The van der Waals surface area contributed by atoms with Gasteiger partial charge in [0.1, 0.15) is 0 Å². The average Bonchev–Trinajstić information content (AvgIpc) is 2.31. The normalized spacial score (nSPS) is 14.5. The van der Waals surface area contributed by atoms with Crippen molar-refractivity contribution < 1.29 is 0 Å². The molecular weight excluding hydrogens is 206 g/mol. The minimum atomic E-state index is 0.823. The van der Waals surface area contributed by atoms with Crippen LogP contribution >= 0.6 is 0 Å². The van der Waals surface area contributed by atoms with Crippen LogP contribution in [0.5, 0.6) is 0 Å². The van der Waals surface area contributed by atoms with E-state index in [0.29, 0.717) is 0 Å². The Morgan fingerprint density at radius 2 is 1.59 bits per heavy atom. The molecule has 1 aromatic rings. The van der Waals surface area contributed by atoms with Crippen molar-refractivity contribution in [1.82, 2.24) is 0 Å². The molecule has 0 saturated heterocycles. The van der Waals surface area contributed by atoms with Crippen molar-refractivity contribution in [2.24, 2.45) is 11.8 Å². The molecule has 0 bridgehead atoms. The van der Waals surface area contributed by atoms with Gasteiger partial charge in [-0.15, -0.1) is 0 Å². The van der Waals surface area contributed by atoms with E-state index in [1.54, 1.807) is 0 Å². The number of hydrogen-bond donors (Lipinski definition) is 1. The summed E-state index contributed by atoms with van der Waals surface area (Å²) in [5.74, 6) is 1.65. The Hall–Kier alpha value is -0.980. The van der Waals surface area contributed by atoms with Crippen molar-refractivity contribution in [2.45, 2.75) is 52.9 Å². The monoisotopic (exact) mass is 233 g/mol. The third-order valence-electron chi connectivity index (χ3n) is 3.69. The van der Waals surface area contributed by atoms with E-state index in [1.165, 1.54) is 37.7 Å². The zero-order chi connectivity index (χ0) is 12.7. The van der Waals surface area contributed by atoms with Gasteiger partial charge in [-0.25, -0.2) is 0 Å². The van der Waals surface area contributed by atoms with Gasteiger partial charge in [-0.1, -0.05) is 58.6 Å². The first-order chi connectivity index (χ1) is 8.17. The Balaban J connectivity index is 2.62. The SMILES string of the molecule is CCCC(C)C(CCC)Cc1ccc(N)cc1. The molecule has 2 N–H and O–H groups in total. The van der Waals surface area contributed by atoms with Gasteiger partial charge < -0.3 is 5.73 Å². The minimum Gasteiger partial charge on any atom is -0.399 e. The third kappa shape index (κ3) is 4.80. The fraction of sp³-hybridized carbons (Fsp3) is 0.625. The van der Waals surface area contributed by atoms with E-state index in [-0.39, 0.29) is 0 Å². The Morgan fingerprint density at radius 1 is 1.00 bits per heavy atom. The number of hydrogen-bond acceptors (Lipinski definition) is 1. The molecule has 1 heteroatoms. The predicted molar refractivity (Wildman–Crippen MR) is 77.0 cm³/mol. The second-order valence-corrected chi connectivity index (χ2v) is 5.26. The summed E-state index contributed by atoms with van der Waals surface area (Å²) in [6.45, 7) is 6.97. The zero-order valence-electron chi connectivity index (χ0n) is 11.6. The Kier molecular flexibility index (Phi) is 6.10. The molecule has 0 aliphatic heterocycles. The second kappa shape index (κ2) is 7.37. The van der Waals surface area contributed by atoms with Crippen LogP contribution in [0.15, 0.2) is 24.3 Å². The second-order valence-electron chi connectivity index (χ2n) is 5.26. The fourth-order valence-electron chi connectivity index (χ4n) is 2.61. The molecule has 0 heterocycles. The number of nitrogen functional groups attached to an aromatic ring is 1. The fourth-order valence-corrected chi connectivity index (χ4v) is 2.61. The van der Waals surface area contributed by atoms with Gasteiger partial charge in [0.15, 0.2) is 0 Å². The summed E-state index contributed by atoms with van der Waals surface area (Å²) in [4.78, 5) is 0. The lowest BCUT2D eigenvalue weighted by Crippen LogP contribution is -2.14. The van der Waals surface area contributed by atoms with E-state index in [2.05, 4.69) is 32.9 Å². The molecule has 0 aromatic heterocycles. The molecule has 0 radical (unpaired) electrons. The molecule has 0 amide bonds. The predicted octanol–water partition coefficient (Wildman–Crippen LogP) is 4.66. The zero-order valence-corrected chi connectivity index (χ0v) is 11.6. The van der Waals surface area contributed by atoms with Gasteiger partial charge in [0.2, 0.25) is 0 Å². The van der Waals surface area contributed by atoms with Crippen LogP contribution in [-0.4, -0.2) is 0 Å². The molecule has 1 nitrogen and oxygen atoms in total. The summed E-state index contributed by atoms with van der Waals surface area (Å²) in [5, 5.41) is 0. The maximum Gasteiger partial charge on any atom is 0.0314 e. The molecule has 0 fully saturated rings. The molecule has 2 unspecified atom stereocenters. The van der Waals surface area contributed by atoms with E-state index in [9.17, 15) is 0 Å². The standard InChI is InChI=1S/C16H27N/c1-4-6-13(3)15(7-5-2)12-14-8-10-16(17)11-9-14/h8-11,13,15H,4-7,12,17H2,1-3H3. The molecule has 0 aliphatic carbocycles. The number of nitrogens with two attached hydrogens (primary N) is 1. The van der Waals surface area contributed by atoms with Crippen molar-refractivity contribution in [2.75, 3.05) is 5.73 Å². The lowest BCUT2D eigenvalue weighted by Gasteiger charge is -2.23. The molecular formula is C16H27N.